The number of amides is 2. The number of aryl methyl sites for hydroxylation is 1. The van der Waals surface area contributed by atoms with E-state index in [-0.39, 0.29) is 13.1 Å². The first-order valence-electron chi connectivity index (χ1n) is 13.0. The van der Waals surface area contributed by atoms with E-state index in [2.05, 4.69) is 15.3 Å². The molecule has 0 saturated carbocycles. The van der Waals surface area contributed by atoms with Crippen molar-refractivity contribution in [1.29, 1.82) is 0 Å². The minimum absolute atomic E-state index is 0.0486. The highest BCUT2D eigenvalue weighted by Gasteiger charge is 2.36. The molecule has 0 spiro atoms. The predicted octanol–water partition coefficient (Wildman–Crippen LogP) is 5.96. The third-order valence-corrected chi connectivity index (χ3v) is 7.14. The zero-order valence-corrected chi connectivity index (χ0v) is 21.8. The van der Waals surface area contributed by atoms with Crippen molar-refractivity contribution in [3.05, 3.63) is 48.3 Å². The van der Waals surface area contributed by atoms with Gasteiger partial charge in [0.15, 0.2) is 0 Å². The Bertz CT molecular complexity index is 1360. The van der Waals surface area contributed by atoms with Crippen molar-refractivity contribution in [1.82, 2.24) is 19.7 Å². The van der Waals surface area contributed by atoms with Crippen LogP contribution in [-0.2, 0) is 4.74 Å². The lowest BCUT2D eigenvalue weighted by Gasteiger charge is -2.28. The predicted molar refractivity (Wildman–Crippen MR) is 139 cm³/mol. The molecule has 1 N–H and O–H groups in total. The highest BCUT2D eigenvalue weighted by molar-refractivity contribution is 5.91. The molecule has 0 bridgehead atoms. The smallest absolute Gasteiger partial charge is 0.378 e. The van der Waals surface area contributed by atoms with Crippen LogP contribution in [0.4, 0.5) is 38.3 Å². The van der Waals surface area contributed by atoms with Crippen molar-refractivity contribution in [2.45, 2.75) is 32.5 Å². The van der Waals surface area contributed by atoms with Gasteiger partial charge in [0, 0.05) is 50.0 Å². The number of anilines is 2. The zero-order chi connectivity index (χ0) is 28.4. The molecule has 0 unspecified atom stereocenters. The Morgan fingerprint density at radius 3 is 2.60 bits per heavy atom. The molecule has 40 heavy (non-hydrogen) atoms. The van der Waals surface area contributed by atoms with Gasteiger partial charge in [-0.2, -0.15) is 27.1 Å². The molecule has 4 heterocycles. The summed E-state index contributed by atoms with van der Waals surface area (Å²) in [5.74, 6) is 0.0461. The van der Waals surface area contributed by atoms with Crippen molar-refractivity contribution >= 4 is 17.5 Å². The maximum atomic E-state index is 13.2. The summed E-state index contributed by atoms with van der Waals surface area (Å²) in [6, 6.07) is 8.60. The van der Waals surface area contributed by atoms with Gasteiger partial charge in [-0.25, -0.2) is 14.5 Å². The van der Waals surface area contributed by atoms with Crippen LogP contribution in [0, 0.1) is 12.8 Å². The molecular formula is C27H29F5N6O2. The van der Waals surface area contributed by atoms with Crippen LogP contribution in [0.5, 0.6) is 0 Å². The molecular weight excluding hydrogens is 535 g/mol. The zero-order valence-electron chi connectivity index (χ0n) is 21.8. The number of ether oxygens (including phenoxy) is 1. The summed E-state index contributed by atoms with van der Waals surface area (Å²) in [6.45, 7) is 1.74. The van der Waals surface area contributed by atoms with Gasteiger partial charge < -0.3 is 19.9 Å². The van der Waals surface area contributed by atoms with Gasteiger partial charge in [-0.05, 0) is 60.2 Å². The second-order valence-electron chi connectivity index (χ2n) is 10.1. The van der Waals surface area contributed by atoms with E-state index in [0.717, 1.165) is 16.7 Å². The summed E-state index contributed by atoms with van der Waals surface area (Å²) in [6.07, 6.45) is -2.28. The molecule has 2 amide bonds. The van der Waals surface area contributed by atoms with Gasteiger partial charge >= 0.3 is 18.8 Å². The van der Waals surface area contributed by atoms with Crippen molar-refractivity contribution < 1.29 is 31.5 Å². The Labute approximate surface area is 227 Å². The van der Waals surface area contributed by atoms with Gasteiger partial charge in [-0.1, -0.05) is 6.07 Å². The lowest BCUT2D eigenvalue weighted by atomic mass is 9.98. The van der Waals surface area contributed by atoms with Crippen molar-refractivity contribution in [2.24, 2.45) is 5.92 Å². The number of nitrogens with one attached hydrogen (secondary N) is 1. The van der Waals surface area contributed by atoms with Crippen LogP contribution in [0.25, 0.3) is 22.4 Å². The first kappa shape index (κ1) is 27.8. The molecule has 1 atom stereocenters. The van der Waals surface area contributed by atoms with Crippen LogP contribution in [0.3, 0.4) is 0 Å². The van der Waals surface area contributed by atoms with E-state index in [9.17, 15) is 26.7 Å². The van der Waals surface area contributed by atoms with Crippen LogP contribution in [0.2, 0.25) is 0 Å². The lowest BCUT2D eigenvalue weighted by Crippen LogP contribution is -2.36. The molecule has 13 heteroatoms. The van der Waals surface area contributed by atoms with Crippen LogP contribution >= 0.6 is 0 Å². The topological polar surface area (TPSA) is 75.5 Å². The summed E-state index contributed by atoms with van der Waals surface area (Å²) >= 11 is 0. The highest BCUT2D eigenvalue weighted by atomic mass is 19.4. The van der Waals surface area contributed by atoms with E-state index < -0.39 is 31.1 Å². The van der Waals surface area contributed by atoms with Crippen molar-refractivity contribution in [3.8, 4) is 22.4 Å². The van der Waals surface area contributed by atoms with E-state index in [0.29, 0.717) is 60.2 Å². The van der Waals surface area contributed by atoms with Crippen LogP contribution in [0.15, 0.2) is 42.7 Å². The standard InChI is InChI=1S/C27H29F5N6O2/c1-17-2-3-21(34-26(39)37-5-4-18(15-37)13-27(30,31)32)12-22(17)19-10-23(20-14-33-38(16-20)25(28)29)35-24(11-19)36-6-8-40-9-7-36/h2-3,10-12,14,16,18,25H,4-9,13,15H2,1H3,(H,34,39)/t18-/m0/s1. The number of alkyl halides is 5. The molecule has 2 saturated heterocycles. The number of likely N-dealkylation sites (tertiary alicyclic amines) is 1. The molecule has 8 nitrogen and oxygen atoms in total. The molecule has 0 radical (unpaired) electrons. The average Bonchev–Trinajstić information content (AvgIpc) is 3.60. The Hall–Kier alpha value is -3.74. The largest absolute Gasteiger partial charge is 0.389 e. The van der Waals surface area contributed by atoms with Gasteiger partial charge in [0.25, 0.3) is 0 Å². The minimum Gasteiger partial charge on any atom is -0.378 e. The van der Waals surface area contributed by atoms with Crippen LogP contribution in [0.1, 0.15) is 25.0 Å². The van der Waals surface area contributed by atoms with Gasteiger partial charge in [-0.3, -0.25) is 0 Å². The number of pyridine rings is 1. The van der Waals surface area contributed by atoms with E-state index in [1.807, 2.05) is 19.1 Å². The summed E-state index contributed by atoms with van der Waals surface area (Å²) < 4.78 is 70.7. The number of rotatable bonds is 6. The lowest BCUT2D eigenvalue weighted by molar-refractivity contribution is -0.143. The SMILES string of the molecule is Cc1ccc(NC(=O)N2CC[C@@H](CC(F)(F)F)C2)cc1-c1cc(-c2cnn(C(F)F)c2)nc(N2CCOCC2)c1. The molecule has 3 aromatic rings. The van der Waals surface area contributed by atoms with E-state index >= 15 is 0 Å². The number of hydrogen-bond acceptors (Lipinski definition) is 5. The molecule has 1 aromatic carbocycles. The second kappa shape index (κ2) is 11.4. The summed E-state index contributed by atoms with van der Waals surface area (Å²) in [7, 11) is 0. The number of nitrogens with zero attached hydrogens (tertiary/aromatic N) is 5. The Balaban J connectivity index is 1.42. The van der Waals surface area contributed by atoms with Crippen LogP contribution < -0.4 is 10.2 Å². The van der Waals surface area contributed by atoms with E-state index in [4.69, 9.17) is 9.72 Å². The van der Waals surface area contributed by atoms with Crippen molar-refractivity contribution in [2.75, 3.05) is 49.6 Å². The maximum Gasteiger partial charge on any atom is 0.389 e. The monoisotopic (exact) mass is 564 g/mol. The number of carbonyl (C=O) groups is 1. The molecule has 2 aromatic heterocycles. The minimum atomic E-state index is -4.26. The highest BCUT2D eigenvalue weighted by Crippen LogP contribution is 2.34. The normalized spacial score (nSPS) is 18.0. The number of benzene rings is 1. The number of carbonyl (C=O) groups excluding carboxylic acids is 1. The number of aromatic nitrogens is 3. The molecule has 2 aliphatic rings. The maximum absolute atomic E-state index is 13.2. The summed E-state index contributed by atoms with van der Waals surface area (Å²) in [5, 5.41) is 6.55. The van der Waals surface area contributed by atoms with Gasteiger partial charge in [0.05, 0.1) is 25.1 Å². The molecule has 2 fully saturated rings. The van der Waals surface area contributed by atoms with Crippen molar-refractivity contribution in [3.63, 3.8) is 0 Å². The fourth-order valence-corrected chi connectivity index (χ4v) is 5.08. The third-order valence-electron chi connectivity index (χ3n) is 7.14. The number of halogens is 5. The Kier molecular flexibility index (Phi) is 7.92. The fourth-order valence-electron chi connectivity index (χ4n) is 5.08. The summed E-state index contributed by atoms with van der Waals surface area (Å²) in [4.78, 5) is 21.0. The molecule has 5 rings (SSSR count). The first-order chi connectivity index (χ1) is 19.1. The molecule has 214 valence electrons. The van der Waals surface area contributed by atoms with Crippen LogP contribution in [-0.4, -0.2) is 71.3 Å². The number of hydrogen-bond donors (Lipinski definition) is 1. The quantitative estimate of drug-likeness (QED) is 0.374. The Morgan fingerprint density at radius 2 is 1.90 bits per heavy atom. The third kappa shape index (κ3) is 6.52. The molecule has 2 aliphatic heterocycles. The Morgan fingerprint density at radius 1 is 1.12 bits per heavy atom. The second-order valence-corrected chi connectivity index (χ2v) is 10.1. The van der Waals surface area contributed by atoms with Gasteiger partial charge in [0.2, 0.25) is 0 Å². The van der Waals surface area contributed by atoms with Gasteiger partial charge in [0.1, 0.15) is 5.82 Å². The molecule has 0 aliphatic carbocycles. The van der Waals surface area contributed by atoms with E-state index in [1.165, 1.54) is 17.3 Å². The van der Waals surface area contributed by atoms with E-state index in [1.54, 1.807) is 18.2 Å². The number of morpholine rings is 1. The van der Waals surface area contributed by atoms with Gasteiger partial charge in [-0.15, -0.1) is 0 Å². The number of urea groups is 1. The fraction of sp³-hybridized carbons (Fsp3) is 0.444. The first-order valence-corrected chi connectivity index (χ1v) is 13.0. The summed E-state index contributed by atoms with van der Waals surface area (Å²) in [5.41, 5.74) is 3.83. The average molecular weight is 565 g/mol.